The molecule has 0 radical (unpaired) electrons. The molecule has 2 rings (SSSR count). The Labute approximate surface area is 145 Å². The number of benzene rings is 2. The van der Waals surface area contributed by atoms with E-state index in [-0.39, 0.29) is 0 Å². The van der Waals surface area contributed by atoms with Gasteiger partial charge in [-0.05, 0) is 29.9 Å². The molecule has 0 bridgehead atoms. The highest BCUT2D eigenvalue weighted by molar-refractivity contribution is 7.86. The summed E-state index contributed by atoms with van der Waals surface area (Å²) < 4.78 is 32.8. The quantitative estimate of drug-likeness (QED) is 0.490. The highest BCUT2D eigenvalue weighted by Gasteiger charge is 2.24. The number of unbranched alkanes of at least 4 members (excludes halogenated alkanes) is 2. The minimum Gasteiger partial charge on any atom is -0.285 e. The van der Waals surface area contributed by atoms with E-state index in [0.717, 1.165) is 25.7 Å². The van der Waals surface area contributed by atoms with Gasteiger partial charge >= 0.3 is 0 Å². The van der Waals surface area contributed by atoms with E-state index in [1.54, 1.807) is 24.3 Å². The summed E-state index contributed by atoms with van der Waals surface area (Å²) in [6.45, 7) is 2.22. The molecule has 0 aliphatic heterocycles. The molecular weight excluding hydrogens is 320 g/mol. The molecule has 2 aromatic rings. The zero-order valence-corrected chi connectivity index (χ0v) is 15.0. The molecule has 0 fully saturated rings. The lowest BCUT2D eigenvalue weighted by Gasteiger charge is -2.15. The topological polar surface area (TPSA) is 54.4 Å². The molecule has 1 N–H and O–H groups in total. The van der Waals surface area contributed by atoms with E-state index >= 15 is 0 Å². The van der Waals surface area contributed by atoms with Crippen molar-refractivity contribution in [3.05, 3.63) is 71.8 Å². The zero-order chi connectivity index (χ0) is 17.4. The molecule has 2 atom stereocenters. The van der Waals surface area contributed by atoms with Gasteiger partial charge in [0.25, 0.3) is 10.1 Å². The van der Waals surface area contributed by atoms with Gasteiger partial charge in [0.05, 0.1) is 0 Å². The maximum atomic E-state index is 11.6. The van der Waals surface area contributed by atoms with E-state index in [1.165, 1.54) is 5.56 Å². The van der Waals surface area contributed by atoms with Crippen LogP contribution in [0.2, 0.25) is 0 Å². The monoisotopic (exact) mass is 346 g/mol. The molecule has 0 heterocycles. The van der Waals surface area contributed by atoms with Crippen molar-refractivity contribution in [3.8, 4) is 0 Å². The van der Waals surface area contributed by atoms with Crippen LogP contribution >= 0.6 is 0 Å². The van der Waals surface area contributed by atoms with Crippen LogP contribution in [0.15, 0.2) is 60.7 Å². The Balaban J connectivity index is 1.79. The number of hydrogen-bond donors (Lipinski definition) is 1. The van der Waals surface area contributed by atoms with Crippen LogP contribution in [0.1, 0.15) is 61.3 Å². The summed E-state index contributed by atoms with van der Waals surface area (Å²) in [6.07, 6.45) is 4.37. The van der Waals surface area contributed by atoms with Gasteiger partial charge in [0.2, 0.25) is 0 Å². The Bertz CT molecular complexity index is 696. The Morgan fingerprint density at radius 3 is 1.83 bits per heavy atom. The standard InChI is InChI=1S/C20H26O3S/c1-17(18-12-6-3-7-13-18)11-5-2-10-16-20(24(21,22)23)19-14-8-4-9-15-19/h3-4,6-9,12-15,17,20H,2,5,10-11,16H2,1H3,(H,21,22,23). The summed E-state index contributed by atoms with van der Waals surface area (Å²) in [5, 5.41) is -0.815. The second kappa shape index (κ2) is 9.00. The van der Waals surface area contributed by atoms with Gasteiger partial charge in [-0.25, -0.2) is 0 Å². The molecule has 4 heteroatoms. The van der Waals surface area contributed by atoms with Gasteiger partial charge < -0.3 is 0 Å². The third-order valence-corrected chi connectivity index (χ3v) is 5.73. The van der Waals surface area contributed by atoms with Crippen molar-refractivity contribution in [2.24, 2.45) is 0 Å². The van der Waals surface area contributed by atoms with Crippen molar-refractivity contribution >= 4 is 10.1 Å². The summed E-state index contributed by atoms with van der Waals surface area (Å²) in [4.78, 5) is 0. The van der Waals surface area contributed by atoms with E-state index in [2.05, 4.69) is 31.2 Å². The first kappa shape index (κ1) is 18.7. The molecule has 0 saturated heterocycles. The normalized spacial score (nSPS) is 14.2. The third kappa shape index (κ3) is 5.77. The second-order valence-electron chi connectivity index (χ2n) is 6.36. The molecule has 0 amide bonds. The van der Waals surface area contributed by atoms with Crippen LogP contribution in [0.3, 0.4) is 0 Å². The minimum atomic E-state index is -4.06. The van der Waals surface area contributed by atoms with E-state index in [1.807, 2.05) is 12.1 Å². The van der Waals surface area contributed by atoms with Crippen molar-refractivity contribution in [3.63, 3.8) is 0 Å². The fraction of sp³-hybridized carbons (Fsp3) is 0.400. The van der Waals surface area contributed by atoms with Gasteiger partial charge in [0.15, 0.2) is 0 Å². The summed E-state index contributed by atoms with van der Waals surface area (Å²) in [5.74, 6) is 0.512. The van der Waals surface area contributed by atoms with Crippen LogP contribution in [-0.2, 0) is 10.1 Å². The largest absolute Gasteiger partial charge is 0.285 e. The molecule has 2 aromatic carbocycles. The van der Waals surface area contributed by atoms with Gasteiger partial charge in [-0.3, -0.25) is 4.55 Å². The second-order valence-corrected chi connectivity index (χ2v) is 7.96. The maximum absolute atomic E-state index is 11.6. The summed E-state index contributed by atoms with van der Waals surface area (Å²) in [7, 11) is -4.06. The molecule has 0 aliphatic rings. The highest BCUT2D eigenvalue weighted by Crippen LogP contribution is 2.28. The average molecular weight is 346 g/mol. The van der Waals surface area contributed by atoms with Crippen LogP contribution in [0.25, 0.3) is 0 Å². The first-order valence-electron chi connectivity index (χ1n) is 8.54. The molecule has 0 aromatic heterocycles. The average Bonchev–Trinajstić information content (AvgIpc) is 2.58. The van der Waals surface area contributed by atoms with Gasteiger partial charge in [0, 0.05) is 0 Å². The van der Waals surface area contributed by atoms with Crippen molar-refractivity contribution < 1.29 is 13.0 Å². The maximum Gasteiger partial charge on any atom is 0.271 e. The Kier molecular flexibility index (Phi) is 7.00. The molecule has 130 valence electrons. The third-order valence-electron chi connectivity index (χ3n) is 4.50. The van der Waals surface area contributed by atoms with Crippen molar-refractivity contribution in [1.29, 1.82) is 0 Å². The van der Waals surface area contributed by atoms with Crippen LogP contribution in [0.5, 0.6) is 0 Å². The molecule has 2 unspecified atom stereocenters. The van der Waals surface area contributed by atoms with Crippen molar-refractivity contribution in [1.82, 2.24) is 0 Å². The summed E-state index contributed by atoms with van der Waals surface area (Å²) in [5.41, 5.74) is 2.01. The van der Waals surface area contributed by atoms with E-state index in [9.17, 15) is 13.0 Å². The van der Waals surface area contributed by atoms with Crippen LogP contribution < -0.4 is 0 Å². The van der Waals surface area contributed by atoms with E-state index < -0.39 is 15.4 Å². The first-order chi connectivity index (χ1) is 11.5. The van der Waals surface area contributed by atoms with E-state index in [0.29, 0.717) is 17.9 Å². The SMILES string of the molecule is CC(CCCCCC(c1ccccc1)S(=O)(=O)O)c1ccccc1. The van der Waals surface area contributed by atoms with Crippen LogP contribution in [0.4, 0.5) is 0 Å². The van der Waals surface area contributed by atoms with Crippen molar-refractivity contribution in [2.75, 3.05) is 0 Å². The van der Waals surface area contributed by atoms with Crippen molar-refractivity contribution in [2.45, 2.75) is 50.2 Å². The van der Waals surface area contributed by atoms with Gasteiger partial charge in [-0.1, -0.05) is 86.8 Å². The van der Waals surface area contributed by atoms with Gasteiger partial charge in [-0.15, -0.1) is 0 Å². The Hall–Kier alpha value is -1.65. The predicted molar refractivity (Wildman–Crippen MR) is 98.7 cm³/mol. The minimum absolute atomic E-state index is 0.461. The fourth-order valence-corrected chi connectivity index (χ4v) is 4.03. The predicted octanol–water partition coefficient (Wildman–Crippen LogP) is 5.37. The van der Waals surface area contributed by atoms with Gasteiger partial charge in [0.1, 0.15) is 5.25 Å². The molecular formula is C20H26O3S. The zero-order valence-electron chi connectivity index (χ0n) is 14.1. The Morgan fingerprint density at radius 1 is 0.792 bits per heavy atom. The lowest BCUT2D eigenvalue weighted by molar-refractivity contribution is 0.458. The molecule has 0 spiro atoms. The summed E-state index contributed by atoms with van der Waals surface area (Å²) >= 11 is 0. The van der Waals surface area contributed by atoms with Crippen LogP contribution in [0, 0.1) is 0 Å². The fourth-order valence-electron chi connectivity index (χ4n) is 3.06. The lowest BCUT2D eigenvalue weighted by Crippen LogP contribution is -2.12. The van der Waals surface area contributed by atoms with Gasteiger partial charge in [-0.2, -0.15) is 8.42 Å². The van der Waals surface area contributed by atoms with E-state index in [4.69, 9.17) is 0 Å². The molecule has 0 saturated carbocycles. The first-order valence-corrected chi connectivity index (χ1v) is 10.0. The molecule has 0 aliphatic carbocycles. The molecule has 3 nitrogen and oxygen atoms in total. The highest BCUT2D eigenvalue weighted by atomic mass is 32.2. The Morgan fingerprint density at radius 2 is 1.29 bits per heavy atom. The number of hydrogen-bond acceptors (Lipinski definition) is 2. The smallest absolute Gasteiger partial charge is 0.271 e. The summed E-state index contributed by atoms with van der Waals surface area (Å²) in [6, 6.07) is 19.4. The number of rotatable bonds is 9. The molecule has 24 heavy (non-hydrogen) atoms. The lowest BCUT2D eigenvalue weighted by atomic mass is 9.94. The van der Waals surface area contributed by atoms with Crippen LogP contribution in [-0.4, -0.2) is 13.0 Å².